The van der Waals surface area contributed by atoms with Crippen LogP contribution in [0.1, 0.15) is 13.8 Å². The van der Waals surface area contributed by atoms with E-state index in [4.69, 9.17) is 16.1 Å². The van der Waals surface area contributed by atoms with Gasteiger partial charge in [-0.2, -0.15) is 0 Å². The number of alkyl halides is 1. The van der Waals surface area contributed by atoms with E-state index in [0.29, 0.717) is 6.16 Å². The standard InChI is InChI=1S/C6H15ClO4P2S/c1-4-11-13(8,12-5-2)6(7)14(3,9)10/h6,12H,4-5H2,1-3H3. The SMILES string of the molecule is CCOP(=O)(PCC)C(Cl)S(C)(=O)=O. The summed E-state index contributed by atoms with van der Waals surface area (Å²) in [4.78, 5) is 0. The molecule has 0 rings (SSSR count). The van der Waals surface area contributed by atoms with E-state index in [1.165, 1.54) is 0 Å². The van der Waals surface area contributed by atoms with Gasteiger partial charge in [0, 0.05) is 6.26 Å². The van der Waals surface area contributed by atoms with E-state index in [1.54, 1.807) is 6.92 Å². The van der Waals surface area contributed by atoms with E-state index in [0.717, 1.165) is 6.26 Å². The molecule has 0 saturated carbocycles. The molecule has 0 saturated heterocycles. The van der Waals surface area contributed by atoms with E-state index in [1.807, 2.05) is 6.92 Å². The zero-order chi connectivity index (χ0) is 11.4. The summed E-state index contributed by atoms with van der Waals surface area (Å²) in [6.45, 7) is 3.69. The maximum absolute atomic E-state index is 12.0. The zero-order valence-corrected chi connectivity index (χ0v) is 11.8. The fraction of sp³-hybridized carbons (Fsp3) is 1.00. The minimum Gasteiger partial charge on any atom is -0.324 e. The van der Waals surface area contributed by atoms with Crippen molar-refractivity contribution < 1.29 is 17.5 Å². The molecule has 0 aromatic carbocycles. The molecule has 0 amide bonds. The molecule has 0 aromatic heterocycles. The highest BCUT2D eigenvalue weighted by atomic mass is 35.5. The molecule has 0 aliphatic rings. The highest BCUT2D eigenvalue weighted by Gasteiger charge is 2.39. The second kappa shape index (κ2) is 5.81. The van der Waals surface area contributed by atoms with Crippen LogP contribution in [0, 0.1) is 0 Å². The van der Waals surface area contributed by atoms with Gasteiger partial charge in [-0.05, 0) is 21.4 Å². The summed E-state index contributed by atoms with van der Waals surface area (Å²) in [6, 6.07) is 0. The van der Waals surface area contributed by atoms with Crippen molar-refractivity contribution in [2.45, 2.75) is 18.3 Å². The van der Waals surface area contributed by atoms with E-state index in [2.05, 4.69) is 0 Å². The van der Waals surface area contributed by atoms with Crippen molar-refractivity contribution in [2.24, 2.45) is 0 Å². The molecule has 3 unspecified atom stereocenters. The molecule has 0 radical (unpaired) electrons. The first-order chi connectivity index (χ1) is 6.28. The van der Waals surface area contributed by atoms with Crippen molar-refractivity contribution in [3.8, 4) is 0 Å². The second-order valence-electron chi connectivity index (χ2n) is 2.65. The van der Waals surface area contributed by atoms with Gasteiger partial charge in [-0.25, -0.2) is 8.42 Å². The van der Waals surface area contributed by atoms with Crippen molar-refractivity contribution in [3.05, 3.63) is 0 Å². The molecule has 0 fully saturated rings. The molecule has 4 nitrogen and oxygen atoms in total. The molecule has 8 heteroatoms. The van der Waals surface area contributed by atoms with Crippen molar-refractivity contribution in [1.82, 2.24) is 0 Å². The molecule has 0 spiro atoms. The summed E-state index contributed by atoms with van der Waals surface area (Å²) in [5.74, 6) is 0. The Morgan fingerprint density at radius 2 is 2.00 bits per heavy atom. The minimum absolute atomic E-state index is 0.0582. The Morgan fingerprint density at radius 3 is 2.29 bits per heavy atom. The van der Waals surface area contributed by atoms with E-state index < -0.39 is 21.3 Å². The van der Waals surface area contributed by atoms with Crippen LogP contribution in [0.4, 0.5) is 0 Å². The van der Waals surface area contributed by atoms with E-state index in [-0.39, 0.29) is 14.9 Å². The van der Waals surface area contributed by atoms with Crippen molar-refractivity contribution in [2.75, 3.05) is 19.0 Å². The summed E-state index contributed by atoms with van der Waals surface area (Å²) < 4.78 is 37.9. The van der Waals surface area contributed by atoms with Crippen LogP contribution in [0.5, 0.6) is 0 Å². The van der Waals surface area contributed by atoms with Gasteiger partial charge in [0.05, 0.1) is 6.61 Å². The van der Waals surface area contributed by atoms with Gasteiger partial charge in [0.15, 0.2) is 9.84 Å². The molecular formula is C6H15ClO4P2S. The smallest absolute Gasteiger partial charge is 0.251 e. The molecule has 0 bridgehead atoms. The fourth-order valence-corrected chi connectivity index (χ4v) is 9.81. The number of rotatable bonds is 6. The van der Waals surface area contributed by atoms with Gasteiger partial charge < -0.3 is 4.52 Å². The number of sulfone groups is 1. The molecule has 0 aliphatic heterocycles. The Balaban J connectivity index is 4.92. The lowest BCUT2D eigenvalue weighted by Crippen LogP contribution is -2.13. The molecule has 0 N–H and O–H groups in total. The van der Waals surface area contributed by atoms with Gasteiger partial charge in [-0.3, -0.25) is 4.57 Å². The highest BCUT2D eigenvalue weighted by molar-refractivity contribution is 8.28. The van der Waals surface area contributed by atoms with Crippen LogP contribution in [0.2, 0.25) is 0 Å². The van der Waals surface area contributed by atoms with Crippen LogP contribution in [0.15, 0.2) is 0 Å². The molecular weight excluding hydrogens is 266 g/mol. The van der Waals surface area contributed by atoms with Gasteiger partial charge >= 0.3 is 0 Å². The summed E-state index contributed by atoms with van der Waals surface area (Å²) >= 11 is 5.65. The highest BCUT2D eigenvalue weighted by Crippen LogP contribution is 2.69. The maximum Gasteiger partial charge on any atom is 0.251 e. The van der Waals surface area contributed by atoms with Crippen LogP contribution >= 0.6 is 26.9 Å². The van der Waals surface area contributed by atoms with Gasteiger partial charge in [-0.1, -0.05) is 18.5 Å². The predicted molar refractivity (Wildman–Crippen MR) is 62.6 cm³/mol. The Hall–Kier alpha value is 0.860. The van der Waals surface area contributed by atoms with Crippen LogP contribution in [0.3, 0.4) is 0 Å². The Labute approximate surface area is 91.8 Å². The van der Waals surface area contributed by atoms with Crippen molar-refractivity contribution >= 4 is 36.8 Å². The second-order valence-corrected chi connectivity index (χ2v) is 11.9. The maximum atomic E-state index is 12.0. The lowest BCUT2D eigenvalue weighted by molar-refractivity contribution is 0.346. The summed E-state index contributed by atoms with van der Waals surface area (Å²) in [7, 11) is -6.81. The van der Waals surface area contributed by atoms with Gasteiger partial charge in [0.2, 0.25) is 4.45 Å². The number of hydrogen-bond donors (Lipinski definition) is 0. The molecule has 0 aromatic rings. The van der Waals surface area contributed by atoms with E-state index >= 15 is 0 Å². The third kappa shape index (κ3) is 4.16. The van der Waals surface area contributed by atoms with Gasteiger partial charge in [-0.15, -0.1) is 0 Å². The number of hydrogen-bond acceptors (Lipinski definition) is 4. The Bertz CT molecular complexity index is 306. The first-order valence-corrected chi connectivity index (χ1v) is 10.2. The summed E-state index contributed by atoms with van der Waals surface area (Å²) in [5.41, 5.74) is 0. The monoisotopic (exact) mass is 280 g/mol. The topological polar surface area (TPSA) is 60.4 Å². The first kappa shape index (κ1) is 14.9. The van der Waals surface area contributed by atoms with Crippen LogP contribution < -0.4 is 0 Å². The molecule has 0 heterocycles. The first-order valence-electron chi connectivity index (χ1n) is 4.10. The largest absolute Gasteiger partial charge is 0.324 e. The minimum atomic E-state index is -3.52. The van der Waals surface area contributed by atoms with E-state index in [9.17, 15) is 13.0 Å². The fourth-order valence-electron chi connectivity index (χ4n) is 0.840. The van der Waals surface area contributed by atoms with Gasteiger partial charge in [0.25, 0.3) is 7.06 Å². The van der Waals surface area contributed by atoms with Gasteiger partial charge in [0.1, 0.15) is 0 Å². The van der Waals surface area contributed by atoms with Crippen LogP contribution in [-0.4, -0.2) is 31.9 Å². The lowest BCUT2D eigenvalue weighted by atomic mass is 10.9. The average molecular weight is 281 g/mol. The van der Waals surface area contributed by atoms with Crippen LogP contribution in [0.25, 0.3) is 0 Å². The quantitative estimate of drug-likeness (QED) is 0.554. The number of halogens is 1. The van der Waals surface area contributed by atoms with Crippen LogP contribution in [-0.2, 0) is 18.9 Å². The Kier molecular flexibility index (Phi) is 6.17. The molecule has 86 valence electrons. The molecule has 3 atom stereocenters. The summed E-state index contributed by atoms with van der Waals surface area (Å²) in [6.07, 6.45) is 1.58. The van der Waals surface area contributed by atoms with Crippen molar-refractivity contribution in [1.29, 1.82) is 0 Å². The summed E-state index contributed by atoms with van der Waals surface area (Å²) in [5, 5.41) is 0. The van der Waals surface area contributed by atoms with Crippen molar-refractivity contribution in [3.63, 3.8) is 0 Å². The third-order valence-corrected chi connectivity index (χ3v) is 12.2. The lowest BCUT2D eigenvalue weighted by Gasteiger charge is -2.20. The normalized spacial score (nSPS) is 19.7. The third-order valence-electron chi connectivity index (χ3n) is 1.32. The zero-order valence-electron chi connectivity index (χ0n) is 8.36. The Morgan fingerprint density at radius 1 is 1.50 bits per heavy atom. The predicted octanol–water partition coefficient (Wildman–Crippen LogP) is 2.48. The average Bonchev–Trinajstić information content (AvgIpc) is 2.02. The molecule has 0 aliphatic carbocycles. The molecule has 14 heavy (non-hydrogen) atoms.